The minimum Gasteiger partial charge on any atom is -0.447 e. The van der Waals surface area contributed by atoms with Crippen molar-refractivity contribution in [3.8, 4) is 0 Å². The molecule has 7 nitrogen and oxygen atoms in total. The van der Waals surface area contributed by atoms with Crippen LogP contribution in [0.15, 0.2) is 53.4 Å². The molecular formula is C17H16N2O5S. The van der Waals surface area contributed by atoms with Crippen LogP contribution >= 0.6 is 0 Å². The van der Waals surface area contributed by atoms with E-state index < -0.39 is 16.1 Å². The fourth-order valence-electron chi connectivity index (χ4n) is 2.42. The molecule has 0 bridgehead atoms. The number of nitrogens with zero attached hydrogens (tertiary/aromatic N) is 1. The molecule has 2 aromatic rings. The van der Waals surface area contributed by atoms with Crippen molar-refractivity contribution in [2.75, 3.05) is 22.8 Å². The molecule has 0 unspecified atom stereocenters. The monoisotopic (exact) mass is 360 g/mol. The van der Waals surface area contributed by atoms with Crippen molar-refractivity contribution in [2.45, 2.75) is 11.8 Å². The molecule has 1 heterocycles. The molecule has 1 saturated heterocycles. The Morgan fingerprint density at radius 2 is 1.72 bits per heavy atom. The summed E-state index contributed by atoms with van der Waals surface area (Å²) >= 11 is 0. The van der Waals surface area contributed by atoms with Crippen LogP contribution in [-0.4, -0.2) is 33.4 Å². The lowest BCUT2D eigenvalue weighted by molar-refractivity contribution is 0.101. The summed E-state index contributed by atoms with van der Waals surface area (Å²) in [6, 6.07) is 12.1. The van der Waals surface area contributed by atoms with Crippen molar-refractivity contribution in [2.24, 2.45) is 0 Å². The zero-order valence-corrected chi connectivity index (χ0v) is 14.2. The quantitative estimate of drug-likeness (QED) is 0.828. The molecule has 0 spiro atoms. The summed E-state index contributed by atoms with van der Waals surface area (Å²) in [5.41, 5.74) is 1.44. The maximum absolute atomic E-state index is 12.4. The standard InChI is InChI=1S/C17H16N2O5S/c1-12(20)13-2-4-14(5-3-13)18-25(22,23)16-8-6-15(7-9-16)19-10-11-24-17(19)21/h2-9,18H,10-11H2,1H3. The maximum atomic E-state index is 12.4. The Bertz CT molecular complexity index is 905. The number of sulfonamides is 1. The Morgan fingerprint density at radius 3 is 2.24 bits per heavy atom. The molecule has 2 aromatic carbocycles. The Morgan fingerprint density at radius 1 is 1.08 bits per heavy atom. The lowest BCUT2D eigenvalue weighted by Crippen LogP contribution is -2.23. The minimum atomic E-state index is -3.77. The lowest BCUT2D eigenvalue weighted by Gasteiger charge is -2.13. The second kappa shape index (κ2) is 6.56. The molecule has 0 aromatic heterocycles. The number of nitrogens with one attached hydrogen (secondary N) is 1. The first-order chi connectivity index (χ1) is 11.9. The Labute approximate surface area is 145 Å². The van der Waals surface area contributed by atoms with Gasteiger partial charge in [0.15, 0.2) is 5.78 Å². The molecule has 1 N–H and O–H groups in total. The molecule has 1 fully saturated rings. The second-order valence-electron chi connectivity index (χ2n) is 5.50. The van der Waals surface area contributed by atoms with Crippen LogP contribution in [-0.2, 0) is 14.8 Å². The highest BCUT2D eigenvalue weighted by Gasteiger charge is 2.24. The molecule has 0 saturated carbocycles. The summed E-state index contributed by atoms with van der Waals surface area (Å²) in [6.07, 6.45) is -0.445. The summed E-state index contributed by atoms with van der Waals surface area (Å²) in [5.74, 6) is -0.0922. The molecular weight excluding hydrogens is 344 g/mol. The predicted molar refractivity (Wildman–Crippen MR) is 92.4 cm³/mol. The first-order valence-corrected chi connectivity index (χ1v) is 9.03. The van der Waals surface area contributed by atoms with E-state index in [1.807, 2.05) is 0 Å². The molecule has 1 aliphatic heterocycles. The predicted octanol–water partition coefficient (Wildman–Crippen LogP) is 2.65. The maximum Gasteiger partial charge on any atom is 0.414 e. The zero-order chi connectivity index (χ0) is 18.0. The van der Waals surface area contributed by atoms with Gasteiger partial charge in [-0.1, -0.05) is 0 Å². The Balaban J connectivity index is 1.77. The number of carbonyl (C=O) groups is 2. The number of hydrogen-bond acceptors (Lipinski definition) is 5. The summed E-state index contributed by atoms with van der Waals surface area (Å²) in [4.78, 5) is 24.3. The van der Waals surface area contributed by atoms with Crippen molar-refractivity contribution in [1.29, 1.82) is 0 Å². The fraction of sp³-hybridized carbons (Fsp3) is 0.176. The number of ketones is 1. The molecule has 8 heteroatoms. The van der Waals surface area contributed by atoms with E-state index in [0.29, 0.717) is 30.1 Å². The molecule has 0 radical (unpaired) electrons. The summed E-state index contributed by atoms with van der Waals surface area (Å²) < 4.78 is 32.2. The Hall–Kier alpha value is -2.87. The van der Waals surface area contributed by atoms with Gasteiger partial charge in [-0.15, -0.1) is 0 Å². The number of cyclic esters (lactones) is 1. The molecule has 0 atom stereocenters. The van der Waals surface area contributed by atoms with Crippen LogP contribution in [0.4, 0.5) is 16.2 Å². The topological polar surface area (TPSA) is 92.8 Å². The molecule has 3 rings (SSSR count). The van der Waals surface area contributed by atoms with Gasteiger partial charge < -0.3 is 4.74 Å². The third kappa shape index (κ3) is 3.63. The molecule has 25 heavy (non-hydrogen) atoms. The number of amides is 1. The average molecular weight is 360 g/mol. The highest BCUT2D eigenvalue weighted by Crippen LogP contribution is 2.22. The van der Waals surface area contributed by atoms with Crippen molar-refractivity contribution < 1.29 is 22.7 Å². The van der Waals surface area contributed by atoms with Gasteiger partial charge >= 0.3 is 6.09 Å². The lowest BCUT2D eigenvalue weighted by atomic mass is 10.1. The van der Waals surface area contributed by atoms with Crippen LogP contribution in [0.3, 0.4) is 0 Å². The Kier molecular flexibility index (Phi) is 4.45. The zero-order valence-electron chi connectivity index (χ0n) is 13.4. The number of rotatable bonds is 5. The summed E-state index contributed by atoms with van der Waals surface area (Å²) in [7, 11) is -3.77. The van der Waals surface area contributed by atoms with Crippen molar-refractivity contribution in [1.82, 2.24) is 0 Å². The van der Waals surface area contributed by atoms with E-state index in [4.69, 9.17) is 4.74 Å². The van der Waals surface area contributed by atoms with E-state index in [-0.39, 0.29) is 10.7 Å². The van der Waals surface area contributed by atoms with E-state index in [0.717, 1.165) is 0 Å². The van der Waals surface area contributed by atoms with E-state index in [9.17, 15) is 18.0 Å². The molecule has 1 aliphatic rings. The van der Waals surface area contributed by atoms with Gasteiger partial charge in [-0.2, -0.15) is 0 Å². The van der Waals surface area contributed by atoms with E-state index in [2.05, 4.69) is 4.72 Å². The largest absolute Gasteiger partial charge is 0.447 e. The van der Waals surface area contributed by atoms with Gasteiger partial charge in [0.25, 0.3) is 10.0 Å². The van der Waals surface area contributed by atoms with E-state index in [1.165, 1.54) is 36.1 Å². The number of Topliss-reactive ketones (excluding diaryl/α,β-unsaturated/α-hetero) is 1. The highest BCUT2D eigenvalue weighted by atomic mass is 32.2. The van der Waals surface area contributed by atoms with Crippen LogP contribution in [0.2, 0.25) is 0 Å². The minimum absolute atomic E-state index is 0.0689. The van der Waals surface area contributed by atoms with Gasteiger partial charge in [-0.25, -0.2) is 13.2 Å². The van der Waals surface area contributed by atoms with Gasteiger partial charge in [0.1, 0.15) is 6.61 Å². The number of ether oxygens (including phenoxy) is 1. The third-order valence-corrected chi connectivity index (χ3v) is 5.16. The number of hydrogen-bond donors (Lipinski definition) is 1. The SMILES string of the molecule is CC(=O)c1ccc(NS(=O)(=O)c2ccc(N3CCOC3=O)cc2)cc1. The smallest absolute Gasteiger partial charge is 0.414 e. The molecule has 0 aliphatic carbocycles. The molecule has 130 valence electrons. The first kappa shape index (κ1) is 17.0. The first-order valence-electron chi connectivity index (χ1n) is 7.55. The second-order valence-corrected chi connectivity index (χ2v) is 7.18. The van der Waals surface area contributed by atoms with Crippen molar-refractivity contribution in [3.63, 3.8) is 0 Å². The fourth-order valence-corrected chi connectivity index (χ4v) is 3.48. The van der Waals surface area contributed by atoms with Crippen LogP contribution in [0.1, 0.15) is 17.3 Å². The van der Waals surface area contributed by atoms with Gasteiger partial charge in [0.2, 0.25) is 0 Å². The van der Waals surface area contributed by atoms with Crippen LogP contribution in [0.25, 0.3) is 0 Å². The van der Waals surface area contributed by atoms with Gasteiger partial charge in [0.05, 0.1) is 11.4 Å². The van der Waals surface area contributed by atoms with Crippen LogP contribution in [0.5, 0.6) is 0 Å². The van der Waals surface area contributed by atoms with Crippen LogP contribution < -0.4 is 9.62 Å². The van der Waals surface area contributed by atoms with Gasteiger partial charge in [-0.3, -0.25) is 14.4 Å². The van der Waals surface area contributed by atoms with E-state index in [1.54, 1.807) is 24.3 Å². The average Bonchev–Trinajstić information content (AvgIpc) is 3.01. The van der Waals surface area contributed by atoms with E-state index >= 15 is 0 Å². The normalized spacial score (nSPS) is 14.3. The molecule has 1 amide bonds. The van der Waals surface area contributed by atoms with Crippen molar-refractivity contribution >= 4 is 33.3 Å². The number of benzene rings is 2. The highest BCUT2D eigenvalue weighted by molar-refractivity contribution is 7.92. The van der Waals surface area contributed by atoms with Gasteiger partial charge in [0, 0.05) is 16.9 Å². The number of anilines is 2. The third-order valence-electron chi connectivity index (χ3n) is 3.76. The van der Waals surface area contributed by atoms with Crippen LogP contribution in [0, 0.1) is 0 Å². The van der Waals surface area contributed by atoms with Crippen molar-refractivity contribution in [3.05, 3.63) is 54.1 Å². The number of carbonyl (C=O) groups excluding carboxylic acids is 2. The summed E-state index contributed by atoms with van der Waals surface area (Å²) in [6.45, 7) is 2.19. The summed E-state index contributed by atoms with van der Waals surface area (Å²) in [5, 5.41) is 0. The van der Waals surface area contributed by atoms with Gasteiger partial charge in [-0.05, 0) is 55.5 Å².